The van der Waals surface area contributed by atoms with Gasteiger partial charge in [0.2, 0.25) is 0 Å². The number of aryl methyl sites for hydroxylation is 1. The molecule has 0 spiro atoms. The van der Waals surface area contributed by atoms with Gasteiger partial charge in [0.1, 0.15) is 17.3 Å². The second kappa shape index (κ2) is 4.73. The summed E-state index contributed by atoms with van der Waals surface area (Å²) in [6.07, 6.45) is 0.424. The summed E-state index contributed by atoms with van der Waals surface area (Å²) in [5.41, 5.74) is 0.611. The number of alkyl halides is 3. The monoisotopic (exact) mass is 266 g/mol. The molecule has 1 heterocycles. The number of hydrogen-bond donors (Lipinski definition) is 0. The number of ether oxygens (including phenoxy) is 1. The molecule has 0 bridgehead atoms. The topological polar surface area (TPSA) is 22.4 Å². The van der Waals surface area contributed by atoms with Crippen LogP contribution in [0.3, 0.4) is 0 Å². The van der Waals surface area contributed by atoms with Crippen LogP contribution in [0.2, 0.25) is 0 Å². The Morgan fingerprint density at radius 1 is 1.21 bits per heavy atom. The molecule has 1 aromatic heterocycles. The minimum Gasteiger partial charge on any atom is -0.461 e. The van der Waals surface area contributed by atoms with E-state index in [0.29, 0.717) is 17.1 Å². The van der Waals surface area contributed by atoms with E-state index in [-0.39, 0.29) is 5.56 Å². The first-order chi connectivity index (χ1) is 8.89. The molecule has 0 amide bonds. The van der Waals surface area contributed by atoms with Crippen LogP contribution >= 0.6 is 0 Å². The molecule has 5 heteroatoms. The highest BCUT2D eigenvalue weighted by Crippen LogP contribution is 2.30. The Hall–Kier alpha value is -2.35. The van der Waals surface area contributed by atoms with E-state index < -0.39 is 12.1 Å². The van der Waals surface area contributed by atoms with Crippen LogP contribution in [0.5, 0.6) is 5.75 Å². The largest absolute Gasteiger partial charge is 0.573 e. The van der Waals surface area contributed by atoms with Crippen LogP contribution < -0.4 is 4.74 Å². The van der Waals surface area contributed by atoms with Gasteiger partial charge in [-0.25, -0.2) is 0 Å². The third kappa shape index (κ3) is 3.10. The molecule has 0 N–H and O–H groups in total. The van der Waals surface area contributed by atoms with Gasteiger partial charge in [-0.05, 0) is 37.3 Å². The fraction of sp³-hybridized carbons (Fsp3) is 0.143. The van der Waals surface area contributed by atoms with E-state index in [0.717, 1.165) is 0 Å². The predicted molar refractivity (Wildman–Crippen MR) is 63.5 cm³/mol. The minimum atomic E-state index is -4.77. The number of rotatable bonds is 2. The Bertz CT molecular complexity index is 633. The summed E-state index contributed by atoms with van der Waals surface area (Å²) >= 11 is 0. The van der Waals surface area contributed by atoms with Gasteiger partial charge in [0.25, 0.3) is 0 Å². The molecule has 0 radical (unpaired) electrons. The van der Waals surface area contributed by atoms with E-state index in [2.05, 4.69) is 10.7 Å². The number of hydrogen-bond acceptors (Lipinski definition) is 2. The number of terminal acetylenes is 1. The van der Waals surface area contributed by atoms with Crippen molar-refractivity contribution in [3.8, 4) is 29.4 Å². The second-order valence-corrected chi connectivity index (χ2v) is 3.81. The lowest BCUT2D eigenvalue weighted by Gasteiger charge is -2.11. The van der Waals surface area contributed by atoms with Crippen molar-refractivity contribution in [3.63, 3.8) is 0 Å². The van der Waals surface area contributed by atoms with Gasteiger partial charge in [-0.1, -0.05) is 5.92 Å². The van der Waals surface area contributed by atoms with Gasteiger partial charge in [-0.15, -0.1) is 19.6 Å². The molecule has 0 aliphatic heterocycles. The van der Waals surface area contributed by atoms with Gasteiger partial charge >= 0.3 is 6.36 Å². The summed E-state index contributed by atoms with van der Waals surface area (Å²) in [5, 5.41) is 0. The van der Waals surface area contributed by atoms with Crippen molar-refractivity contribution < 1.29 is 22.3 Å². The van der Waals surface area contributed by atoms with Gasteiger partial charge in [-0.3, -0.25) is 0 Å². The molecule has 0 saturated carbocycles. The van der Waals surface area contributed by atoms with Gasteiger partial charge < -0.3 is 9.15 Å². The first kappa shape index (κ1) is 13.1. The number of furan rings is 1. The molecule has 2 aromatic rings. The molecule has 2 rings (SSSR count). The average molecular weight is 266 g/mol. The standard InChI is InChI=1S/C14H9F3O2/c1-3-10-8-11(12-6-4-9(2)18-12)5-7-13(10)19-14(15,16)17/h1,4-8H,2H3. The Balaban J connectivity index is 2.39. The molecule has 98 valence electrons. The predicted octanol–water partition coefficient (Wildman–Crippen LogP) is 4.13. The third-order valence-corrected chi connectivity index (χ3v) is 2.39. The summed E-state index contributed by atoms with van der Waals surface area (Å²) < 4.78 is 45.8. The van der Waals surface area contributed by atoms with E-state index in [1.165, 1.54) is 18.2 Å². The summed E-state index contributed by atoms with van der Waals surface area (Å²) in [5.74, 6) is 3.00. The molecule has 0 saturated heterocycles. The van der Waals surface area contributed by atoms with Crippen LogP contribution in [0.15, 0.2) is 34.7 Å². The molecule has 0 aliphatic rings. The molecule has 2 nitrogen and oxygen atoms in total. The van der Waals surface area contributed by atoms with E-state index in [9.17, 15) is 13.2 Å². The smallest absolute Gasteiger partial charge is 0.461 e. The zero-order chi connectivity index (χ0) is 14.0. The van der Waals surface area contributed by atoms with Gasteiger partial charge in [0, 0.05) is 5.56 Å². The lowest BCUT2D eigenvalue weighted by atomic mass is 10.1. The quantitative estimate of drug-likeness (QED) is 0.762. The normalized spacial score (nSPS) is 11.1. The van der Waals surface area contributed by atoms with Crippen molar-refractivity contribution in [1.82, 2.24) is 0 Å². The lowest BCUT2D eigenvalue weighted by Crippen LogP contribution is -2.17. The van der Waals surface area contributed by atoms with E-state index in [1.54, 1.807) is 19.1 Å². The Kier molecular flexibility index (Phi) is 3.26. The first-order valence-electron chi connectivity index (χ1n) is 5.32. The van der Waals surface area contributed by atoms with Crippen LogP contribution in [-0.4, -0.2) is 6.36 Å². The van der Waals surface area contributed by atoms with Crippen molar-refractivity contribution in [2.75, 3.05) is 0 Å². The van der Waals surface area contributed by atoms with Crippen molar-refractivity contribution >= 4 is 0 Å². The summed E-state index contributed by atoms with van der Waals surface area (Å²) in [6, 6.07) is 7.52. The highest BCUT2D eigenvalue weighted by molar-refractivity contribution is 5.63. The van der Waals surface area contributed by atoms with Gasteiger partial charge in [0.05, 0.1) is 5.56 Å². The summed E-state index contributed by atoms with van der Waals surface area (Å²) in [7, 11) is 0. The van der Waals surface area contributed by atoms with Crippen LogP contribution in [0.25, 0.3) is 11.3 Å². The molecule has 0 aliphatic carbocycles. The molecule has 0 atom stereocenters. The molecular weight excluding hydrogens is 257 g/mol. The van der Waals surface area contributed by atoms with Gasteiger partial charge in [-0.2, -0.15) is 0 Å². The Morgan fingerprint density at radius 2 is 1.95 bits per heavy atom. The molecule has 19 heavy (non-hydrogen) atoms. The zero-order valence-electron chi connectivity index (χ0n) is 9.91. The lowest BCUT2D eigenvalue weighted by molar-refractivity contribution is -0.274. The van der Waals surface area contributed by atoms with Crippen LogP contribution in [-0.2, 0) is 0 Å². The molecular formula is C14H9F3O2. The Labute approximate surface area is 107 Å². The molecule has 0 fully saturated rings. The highest BCUT2D eigenvalue weighted by atomic mass is 19.4. The van der Waals surface area contributed by atoms with Crippen molar-refractivity contribution in [1.29, 1.82) is 0 Å². The number of halogens is 3. The maximum Gasteiger partial charge on any atom is 0.573 e. The fourth-order valence-electron chi connectivity index (χ4n) is 1.60. The van der Waals surface area contributed by atoms with Crippen molar-refractivity contribution in [2.45, 2.75) is 13.3 Å². The Morgan fingerprint density at radius 3 is 2.47 bits per heavy atom. The second-order valence-electron chi connectivity index (χ2n) is 3.81. The number of benzene rings is 1. The highest BCUT2D eigenvalue weighted by Gasteiger charge is 2.32. The van der Waals surface area contributed by atoms with Crippen molar-refractivity contribution in [2.24, 2.45) is 0 Å². The molecule has 0 unspecified atom stereocenters. The van der Waals surface area contributed by atoms with E-state index >= 15 is 0 Å². The van der Waals surface area contributed by atoms with Crippen molar-refractivity contribution in [3.05, 3.63) is 41.7 Å². The average Bonchev–Trinajstić information content (AvgIpc) is 2.74. The third-order valence-electron chi connectivity index (χ3n) is 2.39. The van der Waals surface area contributed by atoms with E-state index in [4.69, 9.17) is 10.8 Å². The van der Waals surface area contributed by atoms with Crippen LogP contribution in [0.1, 0.15) is 11.3 Å². The van der Waals surface area contributed by atoms with Crippen LogP contribution in [0, 0.1) is 19.3 Å². The molecule has 1 aromatic carbocycles. The van der Waals surface area contributed by atoms with Gasteiger partial charge in [0.15, 0.2) is 0 Å². The maximum atomic E-state index is 12.2. The van der Waals surface area contributed by atoms with E-state index in [1.807, 2.05) is 0 Å². The van der Waals surface area contributed by atoms with Crippen LogP contribution in [0.4, 0.5) is 13.2 Å². The minimum absolute atomic E-state index is 0.0175. The zero-order valence-corrected chi connectivity index (χ0v) is 9.91. The fourth-order valence-corrected chi connectivity index (χ4v) is 1.60. The summed E-state index contributed by atoms with van der Waals surface area (Å²) in [4.78, 5) is 0. The first-order valence-corrected chi connectivity index (χ1v) is 5.32. The SMILES string of the molecule is C#Cc1cc(-c2ccc(C)o2)ccc1OC(F)(F)F. The summed E-state index contributed by atoms with van der Waals surface area (Å²) in [6.45, 7) is 1.77. The maximum absolute atomic E-state index is 12.2.